The molecular formula is C7H15FN2. The summed E-state index contributed by atoms with van der Waals surface area (Å²) in [6.07, 6.45) is 0.497. The van der Waals surface area contributed by atoms with Crippen LogP contribution in [0.3, 0.4) is 0 Å². The predicted octanol–water partition coefficient (Wildman–Crippen LogP) is 0.377. The van der Waals surface area contributed by atoms with E-state index in [1.807, 2.05) is 11.9 Å². The third kappa shape index (κ3) is 1.92. The van der Waals surface area contributed by atoms with Gasteiger partial charge in [0.25, 0.3) is 0 Å². The summed E-state index contributed by atoms with van der Waals surface area (Å²) >= 11 is 0. The van der Waals surface area contributed by atoms with Gasteiger partial charge in [-0.15, -0.1) is 0 Å². The van der Waals surface area contributed by atoms with Crippen LogP contribution in [0.2, 0.25) is 0 Å². The van der Waals surface area contributed by atoms with Gasteiger partial charge < -0.3 is 10.6 Å². The molecule has 2 atom stereocenters. The Bertz CT molecular complexity index is 113. The van der Waals surface area contributed by atoms with E-state index in [4.69, 9.17) is 5.73 Å². The van der Waals surface area contributed by atoms with Crippen molar-refractivity contribution in [2.24, 2.45) is 5.73 Å². The quantitative estimate of drug-likeness (QED) is 0.535. The minimum atomic E-state index is -1.08. The number of likely N-dealkylation sites (tertiary alicyclic amines) is 1. The molecule has 2 N–H and O–H groups in total. The summed E-state index contributed by atoms with van der Waals surface area (Å²) in [6.45, 7) is 2.95. The normalized spacial score (nSPS) is 43.8. The molecule has 1 rings (SSSR count). The minimum absolute atomic E-state index is 0.00810. The zero-order valence-electron chi connectivity index (χ0n) is 6.60. The van der Waals surface area contributed by atoms with Crippen molar-refractivity contribution >= 4 is 0 Å². The molecule has 3 heteroatoms. The molecule has 0 saturated carbocycles. The largest absolute Gasteiger partial charge is 0.326 e. The molecule has 0 unspecified atom stereocenters. The number of nitrogens with two attached hydrogens (primary N) is 1. The van der Waals surface area contributed by atoms with Gasteiger partial charge in [0.2, 0.25) is 0 Å². The van der Waals surface area contributed by atoms with Crippen molar-refractivity contribution in [1.29, 1.82) is 0 Å². The van der Waals surface area contributed by atoms with E-state index in [-0.39, 0.29) is 6.04 Å². The fourth-order valence-electron chi connectivity index (χ4n) is 1.70. The van der Waals surface area contributed by atoms with E-state index in [9.17, 15) is 4.39 Å². The first-order chi connectivity index (χ1) is 4.49. The van der Waals surface area contributed by atoms with Gasteiger partial charge in [-0.2, -0.15) is 0 Å². The van der Waals surface area contributed by atoms with Gasteiger partial charge in [-0.1, -0.05) is 0 Å². The molecule has 0 aliphatic carbocycles. The first-order valence-electron chi connectivity index (χ1n) is 3.63. The number of rotatable bonds is 0. The molecule has 1 aliphatic rings. The van der Waals surface area contributed by atoms with Gasteiger partial charge in [-0.3, -0.25) is 0 Å². The van der Waals surface area contributed by atoms with Gasteiger partial charge in [0.05, 0.1) is 0 Å². The molecule has 60 valence electrons. The molecule has 1 aliphatic heterocycles. The molecule has 0 spiro atoms. The maximum Gasteiger partial charge on any atom is 0.122 e. The monoisotopic (exact) mass is 146 g/mol. The fraction of sp³-hybridized carbons (Fsp3) is 1.00. The number of piperidine rings is 1. The summed E-state index contributed by atoms with van der Waals surface area (Å²) in [5.74, 6) is 0. The minimum Gasteiger partial charge on any atom is -0.326 e. The predicted molar refractivity (Wildman–Crippen MR) is 39.6 cm³/mol. The Morgan fingerprint density at radius 2 is 2.30 bits per heavy atom. The highest BCUT2D eigenvalue weighted by molar-refractivity contribution is 4.88. The second kappa shape index (κ2) is 2.47. The first-order valence-corrected chi connectivity index (χ1v) is 3.63. The lowest BCUT2D eigenvalue weighted by molar-refractivity contribution is 0.0639. The Morgan fingerprint density at radius 3 is 2.70 bits per heavy atom. The molecular weight excluding hydrogens is 131 g/mol. The van der Waals surface area contributed by atoms with Crippen LogP contribution in [0.1, 0.15) is 13.3 Å². The van der Waals surface area contributed by atoms with Crippen molar-refractivity contribution in [3.8, 4) is 0 Å². The third-order valence-electron chi connectivity index (χ3n) is 1.83. The van der Waals surface area contributed by atoms with Crippen molar-refractivity contribution < 1.29 is 4.39 Å². The zero-order valence-corrected chi connectivity index (χ0v) is 6.60. The maximum absolute atomic E-state index is 13.3. The Kier molecular flexibility index (Phi) is 1.97. The van der Waals surface area contributed by atoms with Gasteiger partial charge in [0.1, 0.15) is 5.67 Å². The zero-order chi connectivity index (χ0) is 7.78. The number of halogens is 1. The molecule has 0 amide bonds. The van der Waals surface area contributed by atoms with Crippen LogP contribution in [0.5, 0.6) is 0 Å². The fourth-order valence-corrected chi connectivity index (χ4v) is 1.70. The molecule has 0 radical (unpaired) electrons. The second-order valence-electron chi connectivity index (χ2n) is 3.57. The van der Waals surface area contributed by atoms with E-state index in [1.165, 1.54) is 0 Å². The van der Waals surface area contributed by atoms with Crippen molar-refractivity contribution in [3.63, 3.8) is 0 Å². The van der Waals surface area contributed by atoms with E-state index >= 15 is 0 Å². The van der Waals surface area contributed by atoms with Crippen LogP contribution in [0, 0.1) is 0 Å². The van der Waals surface area contributed by atoms with E-state index in [0.29, 0.717) is 13.0 Å². The number of nitrogens with zero attached hydrogens (tertiary/aromatic N) is 1. The second-order valence-corrected chi connectivity index (χ2v) is 3.57. The maximum atomic E-state index is 13.3. The van der Waals surface area contributed by atoms with Crippen LogP contribution in [-0.4, -0.2) is 36.7 Å². The molecule has 1 fully saturated rings. The highest BCUT2D eigenvalue weighted by atomic mass is 19.1. The number of hydrogen-bond donors (Lipinski definition) is 1. The van der Waals surface area contributed by atoms with Crippen LogP contribution < -0.4 is 5.73 Å². The van der Waals surface area contributed by atoms with Crippen LogP contribution in [0.15, 0.2) is 0 Å². The standard InChI is InChI=1S/C7H15FN2/c1-7(8)3-6(9)4-10(2)5-7/h6H,3-5,9H2,1-2H3/t6-,7-/m0/s1. The highest BCUT2D eigenvalue weighted by Crippen LogP contribution is 2.22. The SMILES string of the molecule is CN1C[C@@H](N)C[C@](C)(F)C1. The van der Waals surface area contributed by atoms with E-state index in [0.717, 1.165) is 6.54 Å². The van der Waals surface area contributed by atoms with Crippen molar-refractivity contribution in [2.75, 3.05) is 20.1 Å². The lowest BCUT2D eigenvalue weighted by atomic mass is 9.94. The average molecular weight is 146 g/mol. The van der Waals surface area contributed by atoms with E-state index < -0.39 is 5.67 Å². The molecule has 0 aromatic carbocycles. The summed E-state index contributed by atoms with van der Waals surface area (Å²) in [5.41, 5.74) is 4.54. The highest BCUT2D eigenvalue weighted by Gasteiger charge is 2.32. The summed E-state index contributed by atoms with van der Waals surface area (Å²) in [4.78, 5) is 1.94. The summed E-state index contributed by atoms with van der Waals surface area (Å²) in [5, 5.41) is 0. The van der Waals surface area contributed by atoms with Crippen LogP contribution in [0.4, 0.5) is 4.39 Å². The Hall–Kier alpha value is -0.150. The Balaban J connectivity index is 2.51. The number of alkyl halides is 1. The van der Waals surface area contributed by atoms with Crippen molar-refractivity contribution in [2.45, 2.75) is 25.1 Å². The number of hydrogen-bond acceptors (Lipinski definition) is 2. The van der Waals surface area contributed by atoms with Gasteiger partial charge in [0, 0.05) is 19.1 Å². The summed E-state index contributed by atoms with van der Waals surface area (Å²) in [7, 11) is 1.90. The van der Waals surface area contributed by atoms with Crippen molar-refractivity contribution in [1.82, 2.24) is 4.90 Å². The number of likely N-dealkylation sites (N-methyl/N-ethyl adjacent to an activating group) is 1. The first kappa shape index (κ1) is 7.95. The molecule has 10 heavy (non-hydrogen) atoms. The molecule has 1 heterocycles. The molecule has 1 saturated heterocycles. The van der Waals surface area contributed by atoms with E-state index in [1.54, 1.807) is 6.92 Å². The molecule has 0 aromatic rings. The van der Waals surface area contributed by atoms with Crippen LogP contribution >= 0.6 is 0 Å². The lowest BCUT2D eigenvalue weighted by Crippen LogP contribution is -2.51. The van der Waals surface area contributed by atoms with Crippen LogP contribution in [-0.2, 0) is 0 Å². The van der Waals surface area contributed by atoms with Crippen LogP contribution in [0.25, 0.3) is 0 Å². The van der Waals surface area contributed by atoms with Gasteiger partial charge in [0.15, 0.2) is 0 Å². The summed E-state index contributed by atoms with van der Waals surface area (Å²) in [6, 6.07) is 0.00810. The average Bonchev–Trinajstić information content (AvgIpc) is 1.54. The van der Waals surface area contributed by atoms with Gasteiger partial charge in [-0.25, -0.2) is 4.39 Å². The molecule has 0 bridgehead atoms. The molecule has 2 nitrogen and oxygen atoms in total. The topological polar surface area (TPSA) is 29.3 Å². The Morgan fingerprint density at radius 1 is 1.70 bits per heavy atom. The molecule has 0 aromatic heterocycles. The smallest absolute Gasteiger partial charge is 0.122 e. The lowest BCUT2D eigenvalue weighted by Gasteiger charge is -2.36. The third-order valence-corrected chi connectivity index (χ3v) is 1.83. The van der Waals surface area contributed by atoms with E-state index in [2.05, 4.69) is 0 Å². The van der Waals surface area contributed by atoms with Gasteiger partial charge >= 0.3 is 0 Å². The summed E-state index contributed by atoms with van der Waals surface area (Å²) < 4.78 is 13.3. The van der Waals surface area contributed by atoms with Gasteiger partial charge in [-0.05, 0) is 20.4 Å². The van der Waals surface area contributed by atoms with Crippen molar-refractivity contribution in [3.05, 3.63) is 0 Å². The Labute approximate surface area is 61.2 Å².